The molecule has 0 aliphatic carbocycles. The van der Waals surface area contributed by atoms with E-state index in [1.807, 2.05) is 0 Å². The number of terminal acetylenes is 2. The molecule has 44 heavy (non-hydrogen) atoms. The van der Waals surface area contributed by atoms with E-state index < -0.39 is 16.0 Å². The molecule has 4 aromatic rings. The number of nitrogens with zero attached hydrogens (tertiary/aromatic N) is 2. The monoisotopic (exact) mass is 592 g/mol. The van der Waals surface area contributed by atoms with Crippen LogP contribution < -0.4 is 9.47 Å². The van der Waals surface area contributed by atoms with Crippen molar-refractivity contribution in [2.75, 3.05) is 13.2 Å². The number of ether oxygens (including phenoxy) is 4. The fraction of sp³-hybridized carbons (Fsp3) is 0.121. The summed E-state index contributed by atoms with van der Waals surface area (Å²) in [5.41, 5.74) is 2.53. The van der Waals surface area contributed by atoms with E-state index in [1.54, 1.807) is 72.8 Å². The third-order valence-corrected chi connectivity index (χ3v) is 6.27. The molecule has 0 fully saturated rings. The fourth-order valence-electron chi connectivity index (χ4n) is 4.26. The Balaban J connectivity index is 1.48. The van der Waals surface area contributed by atoms with E-state index in [1.165, 1.54) is 12.1 Å². The maximum Gasteiger partial charge on any atom is 0.508 e. The topological polar surface area (TPSA) is 140 Å². The Kier molecular flexibility index (Phi) is 10.1. The Morgan fingerprint density at radius 3 is 1.45 bits per heavy atom. The first-order valence-corrected chi connectivity index (χ1v) is 13.0. The molecule has 0 bridgehead atoms. The van der Waals surface area contributed by atoms with Crippen molar-refractivity contribution in [3.8, 4) is 58.4 Å². The molecule has 220 valence electrons. The Bertz CT molecular complexity index is 1660. The SMILES string of the molecule is C#CCOc1cc(-c2ccccc2[N+](=O)[O-])ccc1COC(=O)OCc1ccc(-c2ccccc2[N+](=O)[O-])cc1OCC#C. The number of hydrogen-bond acceptors (Lipinski definition) is 9. The average molecular weight is 593 g/mol. The van der Waals surface area contributed by atoms with Crippen LogP contribution in [0.15, 0.2) is 84.9 Å². The van der Waals surface area contributed by atoms with E-state index in [9.17, 15) is 25.0 Å². The molecule has 0 N–H and O–H groups in total. The predicted molar refractivity (Wildman–Crippen MR) is 161 cm³/mol. The quantitative estimate of drug-likeness (QED) is 0.0759. The van der Waals surface area contributed by atoms with Gasteiger partial charge in [-0.25, -0.2) is 4.79 Å². The molecule has 0 aliphatic rings. The summed E-state index contributed by atoms with van der Waals surface area (Å²) in [6, 6.07) is 22.2. The van der Waals surface area contributed by atoms with Gasteiger partial charge in [0.2, 0.25) is 0 Å². The standard InChI is InChI=1S/C33H24N2O9/c1-3-17-41-31-19-23(27-9-5-7-11-29(27)34(37)38)13-15-25(31)21-43-33(36)44-22-26-16-14-24(20-32(26)42-18-4-2)28-10-6-8-12-30(28)35(39)40/h1-2,5-16,19-20H,17-18,21-22H2. The molecular weight excluding hydrogens is 568 g/mol. The third kappa shape index (κ3) is 7.49. The van der Waals surface area contributed by atoms with Gasteiger partial charge in [0, 0.05) is 23.3 Å². The van der Waals surface area contributed by atoms with Gasteiger partial charge < -0.3 is 18.9 Å². The second kappa shape index (κ2) is 14.5. The molecule has 0 saturated carbocycles. The average Bonchev–Trinajstić information content (AvgIpc) is 3.04. The van der Waals surface area contributed by atoms with Gasteiger partial charge in [-0.3, -0.25) is 20.2 Å². The smallest absolute Gasteiger partial charge is 0.481 e. The molecule has 0 atom stereocenters. The minimum atomic E-state index is -0.999. The largest absolute Gasteiger partial charge is 0.508 e. The van der Waals surface area contributed by atoms with Crippen LogP contribution in [0, 0.1) is 44.9 Å². The molecular formula is C33H24N2O9. The molecule has 4 rings (SSSR count). The summed E-state index contributed by atoms with van der Waals surface area (Å²) in [6.45, 7) is -0.652. The lowest BCUT2D eigenvalue weighted by molar-refractivity contribution is -0.384. The molecule has 4 aromatic carbocycles. The van der Waals surface area contributed by atoms with E-state index in [-0.39, 0.29) is 49.3 Å². The van der Waals surface area contributed by atoms with Crippen LogP contribution in [0.1, 0.15) is 11.1 Å². The van der Waals surface area contributed by atoms with Crippen LogP contribution in [0.25, 0.3) is 22.3 Å². The van der Waals surface area contributed by atoms with Crippen molar-refractivity contribution in [1.29, 1.82) is 0 Å². The Morgan fingerprint density at radius 1 is 0.659 bits per heavy atom. The highest BCUT2D eigenvalue weighted by atomic mass is 16.7. The van der Waals surface area contributed by atoms with E-state index in [4.69, 9.17) is 31.8 Å². The number of rotatable bonds is 12. The molecule has 0 saturated heterocycles. The van der Waals surface area contributed by atoms with Crippen molar-refractivity contribution in [2.45, 2.75) is 13.2 Å². The summed E-state index contributed by atoms with van der Waals surface area (Å²) >= 11 is 0. The second-order valence-corrected chi connectivity index (χ2v) is 9.01. The van der Waals surface area contributed by atoms with E-state index >= 15 is 0 Å². The van der Waals surface area contributed by atoms with Crippen LogP contribution in [0.3, 0.4) is 0 Å². The maximum atomic E-state index is 12.5. The van der Waals surface area contributed by atoms with Crippen molar-refractivity contribution >= 4 is 17.5 Å². The van der Waals surface area contributed by atoms with E-state index in [0.29, 0.717) is 33.4 Å². The lowest BCUT2D eigenvalue weighted by Crippen LogP contribution is -2.09. The zero-order valence-electron chi connectivity index (χ0n) is 23.1. The minimum absolute atomic E-state index is 0.0800. The van der Waals surface area contributed by atoms with Gasteiger partial charge in [-0.15, -0.1) is 12.8 Å². The third-order valence-electron chi connectivity index (χ3n) is 6.27. The van der Waals surface area contributed by atoms with E-state index in [0.717, 1.165) is 0 Å². The number of nitro groups is 2. The van der Waals surface area contributed by atoms with Gasteiger partial charge in [-0.1, -0.05) is 60.4 Å². The van der Waals surface area contributed by atoms with Gasteiger partial charge in [0.1, 0.15) is 37.9 Å². The number of carbonyl (C=O) groups excluding carboxylic acids is 1. The number of para-hydroxylation sites is 2. The molecule has 11 heteroatoms. The predicted octanol–water partition coefficient (Wildman–Crippen LogP) is 6.71. The van der Waals surface area contributed by atoms with Gasteiger partial charge in [0.25, 0.3) is 11.4 Å². The van der Waals surface area contributed by atoms with Crippen LogP contribution >= 0.6 is 0 Å². The van der Waals surface area contributed by atoms with Crippen LogP contribution in [0.2, 0.25) is 0 Å². The highest BCUT2D eigenvalue weighted by Crippen LogP contribution is 2.35. The van der Waals surface area contributed by atoms with Crippen molar-refractivity contribution in [3.63, 3.8) is 0 Å². The van der Waals surface area contributed by atoms with Crippen molar-refractivity contribution in [2.24, 2.45) is 0 Å². The highest BCUT2D eigenvalue weighted by molar-refractivity contribution is 5.76. The van der Waals surface area contributed by atoms with Crippen molar-refractivity contribution < 1.29 is 33.6 Å². The van der Waals surface area contributed by atoms with Gasteiger partial charge in [0.05, 0.1) is 21.0 Å². The first kappa shape index (κ1) is 30.6. The zero-order chi connectivity index (χ0) is 31.5. The number of hydrogen-bond donors (Lipinski definition) is 0. The Hall–Kier alpha value is -6.33. The molecule has 0 amide bonds. The minimum Gasteiger partial charge on any atom is -0.481 e. The molecule has 0 unspecified atom stereocenters. The summed E-state index contributed by atoms with van der Waals surface area (Å²) in [7, 11) is 0. The van der Waals surface area contributed by atoms with Crippen LogP contribution in [-0.2, 0) is 22.7 Å². The van der Waals surface area contributed by atoms with Crippen LogP contribution in [0.4, 0.5) is 16.2 Å². The van der Waals surface area contributed by atoms with Gasteiger partial charge in [-0.2, -0.15) is 0 Å². The molecule has 0 aliphatic heterocycles. The zero-order valence-corrected chi connectivity index (χ0v) is 23.1. The first-order chi connectivity index (χ1) is 21.3. The fourth-order valence-corrected chi connectivity index (χ4v) is 4.26. The number of carbonyl (C=O) groups is 1. The van der Waals surface area contributed by atoms with Gasteiger partial charge >= 0.3 is 6.16 Å². The van der Waals surface area contributed by atoms with Gasteiger partial charge in [0.15, 0.2) is 0 Å². The Morgan fingerprint density at radius 2 is 1.07 bits per heavy atom. The maximum absolute atomic E-state index is 12.5. The lowest BCUT2D eigenvalue weighted by atomic mass is 10.0. The first-order valence-electron chi connectivity index (χ1n) is 13.0. The van der Waals surface area contributed by atoms with Crippen molar-refractivity contribution in [1.82, 2.24) is 0 Å². The van der Waals surface area contributed by atoms with Crippen LogP contribution in [-0.4, -0.2) is 29.2 Å². The molecule has 0 radical (unpaired) electrons. The second-order valence-electron chi connectivity index (χ2n) is 9.01. The number of benzene rings is 4. The summed E-state index contributed by atoms with van der Waals surface area (Å²) < 4.78 is 21.8. The Labute approximate surface area is 252 Å². The molecule has 0 aromatic heterocycles. The van der Waals surface area contributed by atoms with Gasteiger partial charge in [-0.05, 0) is 35.4 Å². The van der Waals surface area contributed by atoms with Crippen LogP contribution in [0.5, 0.6) is 11.5 Å². The summed E-state index contributed by atoms with van der Waals surface area (Å²) in [5, 5.41) is 23.0. The number of nitro benzene ring substituents is 2. The summed E-state index contributed by atoms with van der Waals surface area (Å²) in [4.78, 5) is 34.5. The van der Waals surface area contributed by atoms with Crippen molar-refractivity contribution in [3.05, 3.63) is 116 Å². The lowest BCUT2D eigenvalue weighted by Gasteiger charge is -2.14. The summed E-state index contributed by atoms with van der Waals surface area (Å²) in [5.74, 6) is 5.28. The summed E-state index contributed by atoms with van der Waals surface area (Å²) in [6.07, 6.45) is 9.68. The molecule has 0 spiro atoms. The highest BCUT2D eigenvalue weighted by Gasteiger charge is 2.19. The normalized spacial score (nSPS) is 10.1. The molecule has 11 nitrogen and oxygen atoms in total. The van der Waals surface area contributed by atoms with E-state index in [2.05, 4.69) is 11.8 Å². The molecule has 0 heterocycles.